The Morgan fingerprint density at radius 2 is 1.90 bits per heavy atom. The van der Waals surface area contributed by atoms with Crippen LogP contribution in [0.5, 0.6) is 11.5 Å². The van der Waals surface area contributed by atoms with Gasteiger partial charge in [0.2, 0.25) is 11.9 Å². The van der Waals surface area contributed by atoms with Crippen molar-refractivity contribution in [2.75, 3.05) is 11.1 Å². The summed E-state index contributed by atoms with van der Waals surface area (Å²) in [5.74, 6) is 1.27. The maximum absolute atomic E-state index is 11.6. The number of ether oxygens (including phenoxy) is 1. The van der Waals surface area contributed by atoms with E-state index >= 15 is 0 Å². The SMILES string of the molecule is Cc1cc(=O)oc2cc(OCc3nc(N)nc(Nc4ccc(O)cc4)n3)ccc12. The molecule has 0 amide bonds. The van der Waals surface area contributed by atoms with E-state index in [4.69, 9.17) is 14.9 Å². The third-order valence-electron chi connectivity index (χ3n) is 4.11. The molecule has 0 unspecified atom stereocenters. The second-order valence-corrected chi connectivity index (χ2v) is 6.30. The zero-order valence-electron chi connectivity index (χ0n) is 15.4. The molecule has 0 aliphatic heterocycles. The van der Waals surface area contributed by atoms with E-state index in [0.29, 0.717) is 22.8 Å². The van der Waals surface area contributed by atoms with Crippen molar-refractivity contribution in [3.8, 4) is 11.5 Å². The van der Waals surface area contributed by atoms with Gasteiger partial charge < -0.3 is 25.3 Å². The average Bonchev–Trinajstić information content (AvgIpc) is 2.67. The van der Waals surface area contributed by atoms with Gasteiger partial charge in [-0.05, 0) is 48.9 Å². The topological polar surface area (TPSA) is 136 Å². The fraction of sp³-hybridized carbons (Fsp3) is 0.100. The number of fused-ring (bicyclic) bond motifs is 1. The first-order valence-electron chi connectivity index (χ1n) is 8.70. The summed E-state index contributed by atoms with van der Waals surface area (Å²) in [6.07, 6.45) is 0. The van der Waals surface area contributed by atoms with Crippen LogP contribution in [0.2, 0.25) is 0 Å². The van der Waals surface area contributed by atoms with Crippen molar-refractivity contribution in [1.82, 2.24) is 15.0 Å². The van der Waals surface area contributed by atoms with E-state index in [-0.39, 0.29) is 24.3 Å². The lowest BCUT2D eigenvalue weighted by Crippen LogP contribution is -2.09. The molecule has 0 fully saturated rings. The van der Waals surface area contributed by atoms with E-state index in [0.717, 1.165) is 10.9 Å². The predicted octanol–water partition coefficient (Wildman–Crippen LogP) is 2.90. The van der Waals surface area contributed by atoms with E-state index in [2.05, 4.69) is 20.3 Å². The summed E-state index contributed by atoms with van der Waals surface area (Å²) in [6, 6.07) is 13.1. The molecule has 0 bridgehead atoms. The fourth-order valence-electron chi connectivity index (χ4n) is 2.78. The number of anilines is 3. The molecular formula is C20H17N5O4. The molecule has 29 heavy (non-hydrogen) atoms. The molecule has 146 valence electrons. The largest absolute Gasteiger partial charge is 0.508 e. The second-order valence-electron chi connectivity index (χ2n) is 6.30. The number of nitrogens with two attached hydrogens (primary N) is 1. The van der Waals surface area contributed by atoms with Gasteiger partial charge in [-0.2, -0.15) is 15.0 Å². The van der Waals surface area contributed by atoms with Gasteiger partial charge >= 0.3 is 5.63 Å². The number of rotatable bonds is 5. The summed E-state index contributed by atoms with van der Waals surface area (Å²) in [4.78, 5) is 24.0. The number of nitrogen functional groups attached to an aromatic ring is 1. The molecule has 0 spiro atoms. The average molecular weight is 391 g/mol. The summed E-state index contributed by atoms with van der Waals surface area (Å²) in [5.41, 5.74) is 7.31. The van der Waals surface area contributed by atoms with E-state index in [1.807, 2.05) is 13.0 Å². The smallest absolute Gasteiger partial charge is 0.336 e. The van der Waals surface area contributed by atoms with E-state index in [1.54, 1.807) is 24.3 Å². The van der Waals surface area contributed by atoms with Crippen LogP contribution >= 0.6 is 0 Å². The molecule has 9 heteroatoms. The summed E-state index contributed by atoms with van der Waals surface area (Å²) >= 11 is 0. The molecular weight excluding hydrogens is 374 g/mol. The van der Waals surface area contributed by atoms with Crippen molar-refractivity contribution in [2.45, 2.75) is 13.5 Å². The van der Waals surface area contributed by atoms with Gasteiger partial charge in [0.05, 0.1) is 0 Å². The summed E-state index contributed by atoms with van der Waals surface area (Å²) in [6.45, 7) is 1.88. The van der Waals surface area contributed by atoms with Gasteiger partial charge in [-0.25, -0.2) is 4.79 Å². The van der Waals surface area contributed by atoms with Crippen LogP contribution in [-0.4, -0.2) is 20.1 Å². The van der Waals surface area contributed by atoms with E-state index < -0.39 is 5.63 Å². The van der Waals surface area contributed by atoms with Crippen LogP contribution in [0.3, 0.4) is 0 Å². The molecule has 0 aliphatic carbocycles. The molecule has 0 saturated carbocycles. The standard InChI is InChI=1S/C20H17N5O4/c1-11-8-18(27)29-16-9-14(6-7-15(11)16)28-10-17-23-19(21)25-20(24-17)22-12-2-4-13(26)5-3-12/h2-9,26H,10H2,1H3,(H3,21,22,23,24,25). The quantitative estimate of drug-likeness (QED) is 0.346. The molecule has 4 N–H and O–H groups in total. The van der Waals surface area contributed by atoms with Crippen LogP contribution in [-0.2, 0) is 6.61 Å². The number of hydrogen-bond donors (Lipinski definition) is 3. The zero-order chi connectivity index (χ0) is 20.4. The maximum atomic E-state index is 11.6. The minimum absolute atomic E-state index is 0.0402. The van der Waals surface area contributed by atoms with E-state index in [9.17, 15) is 9.90 Å². The number of benzene rings is 2. The lowest BCUT2D eigenvalue weighted by atomic mass is 10.1. The Labute approximate surface area is 164 Å². The Bertz CT molecular complexity index is 1240. The minimum Gasteiger partial charge on any atom is -0.508 e. The minimum atomic E-state index is -0.415. The Balaban J connectivity index is 1.52. The van der Waals surface area contributed by atoms with Crippen molar-refractivity contribution in [1.29, 1.82) is 0 Å². The van der Waals surface area contributed by atoms with Crippen LogP contribution in [0.25, 0.3) is 11.0 Å². The molecule has 2 aromatic heterocycles. The number of aryl methyl sites for hydroxylation is 1. The normalized spacial score (nSPS) is 10.8. The number of aromatic hydroxyl groups is 1. The first-order chi connectivity index (χ1) is 14.0. The van der Waals surface area contributed by atoms with E-state index in [1.165, 1.54) is 18.2 Å². The number of nitrogens with zero attached hydrogens (tertiary/aromatic N) is 3. The molecule has 4 aromatic rings. The lowest BCUT2D eigenvalue weighted by Gasteiger charge is -2.09. The van der Waals surface area contributed by atoms with Gasteiger partial charge in [0.25, 0.3) is 0 Å². The summed E-state index contributed by atoms with van der Waals surface area (Å²) in [5, 5.41) is 13.2. The molecule has 2 aromatic carbocycles. The molecule has 0 radical (unpaired) electrons. The van der Waals surface area contributed by atoms with Crippen molar-refractivity contribution < 1.29 is 14.3 Å². The number of phenolic OH excluding ortho intramolecular Hbond substituents is 1. The van der Waals surface area contributed by atoms with Gasteiger partial charge in [0.15, 0.2) is 5.82 Å². The van der Waals surface area contributed by atoms with Crippen LogP contribution in [0.4, 0.5) is 17.6 Å². The van der Waals surface area contributed by atoms with Crippen LogP contribution in [0, 0.1) is 6.92 Å². The molecule has 4 rings (SSSR count). The molecule has 2 heterocycles. The molecule has 9 nitrogen and oxygen atoms in total. The van der Waals surface area contributed by atoms with Gasteiger partial charge in [0, 0.05) is 23.2 Å². The zero-order valence-corrected chi connectivity index (χ0v) is 15.4. The Hall–Kier alpha value is -4.14. The molecule has 0 atom stereocenters. The second kappa shape index (κ2) is 7.47. The Morgan fingerprint density at radius 3 is 2.69 bits per heavy atom. The number of nitrogens with one attached hydrogen (secondary N) is 1. The van der Waals surface area contributed by atoms with Crippen molar-refractivity contribution in [2.24, 2.45) is 0 Å². The van der Waals surface area contributed by atoms with Crippen LogP contribution < -0.4 is 21.4 Å². The first-order valence-corrected chi connectivity index (χ1v) is 8.70. The molecule has 0 saturated heterocycles. The highest BCUT2D eigenvalue weighted by Crippen LogP contribution is 2.23. The highest BCUT2D eigenvalue weighted by atomic mass is 16.5. The van der Waals surface area contributed by atoms with Gasteiger partial charge in [-0.15, -0.1) is 0 Å². The summed E-state index contributed by atoms with van der Waals surface area (Å²) in [7, 11) is 0. The van der Waals surface area contributed by atoms with Gasteiger partial charge in [-0.1, -0.05) is 0 Å². The Morgan fingerprint density at radius 1 is 1.10 bits per heavy atom. The maximum Gasteiger partial charge on any atom is 0.336 e. The first kappa shape index (κ1) is 18.2. The molecule has 0 aliphatic rings. The number of phenols is 1. The number of hydrogen-bond acceptors (Lipinski definition) is 9. The lowest BCUT2D eigenvalue weighted by molar-refractivity contribution is 0.296. The Kier molecular flexibility index (Phi) is 4.70. The number of aromatic nitrogens is 3. The van der Waals surface area contributed by atoms with Gasteiger partial charge in [0.1, 0.15) is 23.7 Å². The summed E-state index contributed by atoms with van der Waals surface area (Å²) < 4.78 is 10.9. The highest BCUT2D eigenvalue weighted by molar-refractivity contribution is 5.81. The third kappa shape index (κ3) is 4.24. The van der Waals surface area contributed by atoms with Crippen LogP contribution in [0.15, 0.2) is 57.7 Å². The van der Waals surface area contributed by atoms with Crippen molar-refractivity contribution in [3.05, 3.63) is 70.3 Å². The van der Waals surface area contributed by atoms with Crippen LogP contribution in [0.1, 0.15) is 11.4 Å². The monoisotopic (exact) mass is 391 g/mol. The predicted molar refractivity (Wildman–Crippen MR) is 107 cm³/mol. The van der Waals surface area contributed by atoms with Crippen molar-refractivity contribution in [3.63, 3.8) is 0 Å². The van der Waals surface area contributed by atoms with Gasteiger partial charge in [-0.3, -0.25) is 0 Å². The fourth-order valence-corrected chi connectivity index (χ4v) is 2.78. The highest BCUT2D eigenvalue weighted by Gasteiger charge is 2.08. The third-order valence-corrected chi connectivity index (χ3v) is 4.11. The van der Waals surface area contributed by atoms with Crippen molar-refractivity contribution >= 4 is 28.6 Å².